The Bertz CT molecular complexity index is 557. The molecule has 2 rings (SSSR count). The van der Waals surface area contributed by atoms with Gasteiger partial charge in [-0.05, 0) is 45.0 Å². The maximum absolute atomic E-state index is 12.4. The monoisotopic (exact) mass is 342 g/mol. The number of halogens is 1. The fourth-order valence-electron chi connectivity index (χ4n) is 1.92. The molecule has 7 heteroatoms. The molecule has 1 N–H and O–H groups in total. The third kappa shape index (κ3) is 4.55. The predicted octanol–water partition coefficient (Wildman–Crippen LogP) is 3.59. The van der Waals surface area contributed by atoms with E-state index in [1.54, 1.807) is 45.0 Å². The zero-order valence-electron chi connectivity index (χ0n) is 12.8. The van der Waals surface area contributed by atoms with Crippen LogP contribution in [0.25, 0.3) is 0 Å². The highest BCUT2D eigenvalue weighted by molar-refractivity contribution is 7.99. The van der Waals surface area contributed by atoms with E-state index >= 15 is 0 Å². The molecule has 1 fully saturated rings. The van der Waals surface area contributed by atoms with Crippen LogP contribution in [0.5, 0.6) is 0 Å². The van der Waals surface area contributed by atoms with Crippen molar-refractivity contribution in [2.45, 2.75) is 32.4 Å². The summed E-state index contributed by atoms with van der Waals surface area (Å²) in [7, 11) is 0. The Morgan fingerprint density at radius 2 is 1.95 bits per heavy atom. The number of rotatable bonds is 2. The van der Waals surface area contributed by atoms with Crippen molar-refractivity contribution in [1.82, 2.24) is 4.90 Å². The number of benzene rings is 1. The Morgan fingerprint density at radius 1 is 1.32 bits per heavy atom. The second kappa shape index (κ2) is 6.79. The van der Waals surface area contributed by atoms with Gasteiger partial charge < -0.3 is 10.1 Å². The summed E-state index contributed by atoms with van der Waals surface area (Å²) < 4.78 is 5.34. The molecule has 5 nitrogen and oxygen atoms in total. The molecule has 0 radical (unpaired) electrons. The summed E-state index contributed by atoms with van der Waals surface area (Å²) in [5.41, 5.74) is 0.0668. The van der Waals surface area contributed by atoms with Crippen molar-refractivity contribution in [1.29, 1.82) is 0 Å². The second-order valence-electron chi connectivity index (χ2n) is 5.96. The fourth-order valence-corrected chi connectivity index (χ4v) is 3.19. The Hall–Kier alpha value is -1.40. The van der Waals surface area contributed by atoms with Crippen LogP contribution in [0.4, 0.5) is 10.5 Å². The summed E-state index contributed by atoms with van der Waals surface area (Å²) in [6.45, 7) is 5.41. The van der Waals surface area contributed by atoms with Crippen LogP contribution >= 0.6 is 23.4 Å². The minimum absolute atomic E-state index is 0.224. The highest BCUT2D eigenvalue weighted by Gasteiger charge is 2.37. The van der Waals surface area contributed by atoms with Gasteiger partial charge >= 0.3 is 6.09 Å². The molecule has 0 unspecified atom stereocenters. The van der Waals surface area contributed by atoms with Crippen molar-refractivity contribution in [3.8, 4) is 0 Å². The highest BCUT2D eigenvalue weighted by atomic mass is 35.5. The Morgan fingerprint density at radius 3 is 2.55 bits per heavy atom. The summed E-state index contributed by atoms with van der Waals surface area (Å²) in [5, 5.41) is 3.40. The van der Waals surface area contributed by atoms with E-state index < -0.39 is 17.7 Å². The van der Waals surface area contributed by atoms with Crippen molar-refractivity contribution in [3.05, 3.63) is 29.3 Å². The van der Waals surface area contributed by atoms with Crippen LogP contribution in [-0.4, -0.2) is 40.2 Å². The lowest BCUT2D eigenvalue weighted by Crippen LogP contribution is -2.46. The van der Waals surface area contributed by atoms with Gasteiger partial charge in [-0.1, -0.05) is 11.6 Å². The molecule has 120 valence electrons. The van der Waals surface area contributed by atoms with Crippen LogP contribution in [0.1, 0.15) is 20.8 Å². The lowest BCUT2D eigenvalue weighted by Gasteiger charge is -2.27. The summed E-state index contributed by atoms with van der Waals surface area (Å²) in [6, 6.07) is 6.31. The first kappa shape index (κ1) is 17.0. The van der Waals surface area contributed by atoms with E-state index in [4.69, 9.17) is 16.3 Å². The summed E-state index contributed by atoms with van der Waals surface area (Å²) in [5.74, 6) is 0.782. The van der Waals surface area contributed by atoms with Gasteiger partial charge in [0.1, 0.15) is 11.6 Å². The molecule has 0 aromatic heterocycles. The Balaban J connectivity index is 2.01. The quantitative estimate of drug-likeness (QED) is 0.892. The number of carbonyl (C=O) groups is 2. The number of carbonyl (C=O) groups excluding carboxylic acids is 2. The number of nitrogens with one attached hydrogen (secondary N) is 1. The second-order valence-corrected chi connectivity index (χ2v) is 7.40. The maximum Gasteiger partial charge on any atom is 0.411 e. The topological polar surface area (TPSA) is 58.6 Å². The Labute approximate surface area is 139 Å². The van der Waals surface area contributed by atoms with Crippen molar-refractivity contribution in [2.24, 2.45) is 0 Å². The molecule has 1 aliphatic rings. The SMILES string of the molecule is CC(C)(C)OC(=O)N1CSC[C@H]1C(=O)Nc1ccc(Cl)cc1. The van der Waals surface area contributed by atoms with E-state index in [9.17, 15) is 9.59 Å². The van der Waals surface area contributed by atoms with Gasteiger partial charge in [-0.25, -0.2) is 4.79 Å². The zero-order chi connectivity index (χ0) is 16.3. The van der Waals surface area contributed by atoms with Gasteiger partial charge in [0.15, 0.2) is 0 Å². The van der Waals surface area contributed by atoms with E-state index in [2.05, 4.69) is 5.32 Å². The van der Waals surface area contributed by atoms with Crippen LogP contribution in [-0.2, 0) is 9.53 Å². The lowest BCUT2D eigenvalue weighted by molar-refractivity contribution is -0.120. The van der Waals surface area contributed by atoms with Gasteiger partial charge in [-0.15, -0.1) is 11.8 Å². The third-order valence-corrected chi connectivity index (χ3v) is 4.19. The van der Waals surface area contributed by atoms with Crippen molar-refractivity contribution in [2.75, 3.05) is 16.9 Å². The van der Waals surface area contributed by atoms with Crippen LogP contribution in [0.3, 0.4) is 0 Å². The van der Waals surface area contributed by atoms with Crippen molar-refractivity contribution >= 4 is 41.1 Å². The first-order valence-corrected chi connectivity index (χ1v) is 8.43. The summed E-state index contributed by atoms with van der Waals surface area (Å²) >= 11 is 7.35. The average molecular weight is 343 g/mol. The minimum Gasteiger partial charge on any atom is -0.444 e. The number of anilines is 1. The molecule has 1 aliphatic heterocycles. The van der Waals surface area contributed by atoms with Crippen LogP contribution in [0, 0.1) is 0 Å². The minimum atomic E-state index is -0.582. The first-order chi connectivity index (χ1) is 10.3. The van der Waals surface area contributed by atoms with Crippen LogP contribution < -0.4 is 5.32 Å². The average Bonchev–Trinajstić information content (AvgIpc) is 2.89. The van der Waals surface area contributed by atoms with Gasteiger partial charge in [0, 0.05) is 16.5 Å². The standard InChI is InChI=1S/C15H19ClN2O3S/c1-15(2,3)21-14(20)18-9-22-8-12(18)13(19)17-11-6-4-10(16)5-7-11/h4-7,12H,8-9H2,1-3H3,(H,17,19)/t12-/m0/s1. The van der Waals surface area contributed by atoms with E-state index in [0.29, 0.717) is 22.3 Å². The molecule has 1 heterocycles. The van der Waals surface area contributed by atoms with Gasteiger partial charge in [0.25, 0.3) is 0 Å². The van der Waals surface area contributed by atoms with E-state index in [1.165, 1.54) is 16.7 Å². The molecular weight excluding hydrogens is 324 g/mol. The number of ether oxygens (including phenoxy) is 1. The number of nitrogens with zero attached hydrogens (tertiary/aromatic N) is 1. The maximum atomic E-state index is 12.4. The molecular formula is C15H19ClN2O3S. The largest absolute Gasteiger partial charge is 0.444 e. The number of amides is 2. The number of hydrogen-bond donors (Lipinski definition) is 1. The molecule has 0 spiro atoms. The number of thioether (sulfide) groups is 1. The van der Waals surface area contributed by atoms with Gasteiger partial charge in [-0.2, -0.15) is 0 Å². The van der Waals surface area contributed by atoms with Gasteiger partial charge in [0.2, 0.25) is 5.91 Å². The van der Waals surface area contributed by atoms with Gasteiger partial charge in [-0.3, -0.25) is 9.69 Å². The Kier molecular flexibility index (Phi) is 5.24. The molecule has 1 saturated heterocycles. The molecule has 0 bridgehead atoms. The molecule has 1 aromatic carbocycles. The van der Waals surface area contributed by atoms with E-state index in [-0.39, 0.29) is 5.91 Å². The molecule has 2 amide bonds. The lowest BCUT2D eigenvalue weighted by atomic mass is 10.2. The molecule has 1 atom stereocenters. The summed E-state index contributed by atoms with van der Waals surface area (Å²) in [4.78, 5) is 26.0. The normalized spacial score (nSPS) is 18.2. The number of hydrogen-bond acceptors (Lipinski definition) is 4. The summed E-state index contributed by atoms with van der Waals surface area (Å²) in [6.07, 6.45) is -0.464. The highest BCUT2D eigenvalue weighted by Crippen LogP contribution is 2.25. The van der Waals surface area contributed by atoms with E-state index in [1.807, 2.05) is 0 Å². The third-order valence-electron chi connectivity index (χ3n) is 2.92. The first-order valence-electron chi connectivity index (χ1n) is 6.90. The van der Waals surface area contributed by atoms with Crippen LogP contribution in [0.15, 0.2) is 24.3 Å². The molecule has 0 saturated carbocycles. The van der Waals surface area contributed by atoms with Crippen LogP contribution in [0.2, 0.25) is 5.02 Å². The van der Waals surface area contributed by atoms with Crippen molar-refractivity contribution < 1.29 is 14.3 Å². The van der Waals surface area contributed by atoms with Gasteiger partial charge in [0.05, 0.1) is 5.88 Å². The fraction of sp³-hybridized carbons (Fsp3) is 0.467. The zero-order valence-corrected chi connectivity index (χ0v) is 14.3. The molecule has 22 heavy (non-hydrogen) atoms. The van der Waals surface area contributed by atoms with Crippen molar-refractivity contribution in [3.63, 3.8) is 0 Å². The van der Waals surface area contributed by atoms with E-state index in [0.717, 1.165) is 0 Å². The predicted molar refractivity (Wildman–Crippen MR) is 89.3 cm³/mol. The smallest absolute Gasteiger partial charge is 0.411 e. The molecule has 1 aromatic rings. The molecule has 0 aliphatic carbocycles.